The molecule has 5 aliphatic heterocycles. The Kier molecular flexibility index (Phi) is 9.99. The average Bonchev–Trinajstić information content (AvgIpc) is 3.92. The van der Waals surface area contributed by atoms with Crippen LogP contribution >= 0.6 is 0 Å². The topological polar surface area (TPSA) is 157 Å². The van der Waals surface area contributed by atoms with Gasteiger partial charge in [-0.3, -0.25) is 19.0 Å². The van der Waals surface area contributed by atoms with Gasteiger partial charge < -0.3 is 38.7 Å². The fourth-order valence-corrected chi connectivity index (χ4v) is 13.8. The van der Waals surface area contributed by atoms with E-state index in [4.69, 9.17) is 23.7 Å². The van der Waals surface area contributed by atoms with Gasteiger partial charge in [-0.05, 0) is 61.9 Å². The van der Waals surface area contributed by atoms with Crippen molar-refractivity contribution in [2.45, 2.75) is 94.0 Å². The Bertz CT molecular complexity index is 2440. The van der Waals surface area contributed by atoms with Crippen molar-refractivity contribution in [1.82, 2.24) is 9.88 Å². The number of aromatic nitrogens is 1. The van der Waals surface area contributed by atoms with Crippen LogP contribution in [-0.2, 0) is 55.5 Å². The number of aliphatic hydroxyl groups is 1. The van der Waals surface area contributed by atoms with Gasteiger partial charge in [0.15, 0.2) is 12.6 Å². The third kappa shape index (κ3) is 5.44. The Hall–Kier alpha value is -5.18. The van der Waals surface area contributed by atoms with Crippen LogP contribution in [0.1, 0.15) is 75.3 Å². The van der Waals surface area contributed by atoms with Gasteiger partial charge in [0.1, 0.15) is 17.7 Å². The number of aromatic amines is 1. The van der Waals surface area contributed by atoms with Crippen molar-refractivity contribution in [2.75, 3.05) is 66.6 Å². The molecule has 1 saturated heterocycles. The second-order valence-electron chi connectivity index (χ2n) is 18.6. The summed E-state index contributed by atoms with van der Waals surface area (Å²) >= 11 is 0. The van der Waals surface area contributed by atoms with Crippen molar-refractivity contribution in [3.05, 3.63) is 82.7 Å². The van der Waals surface area contributed by atoms with Crippen LogP contribution < -0.4 is 9.64 Å². The first-order valence-corrected chi connectivity index (χ1v) is 21.9. The Morgan fingerprint density at radius 3 is 2.42 bits per heavy atom. The number of hydrogen-bond donors (Lipinski definition) is 2. The molecular formula is C48H59N4O10+. The number of hydrogen-bond acceptors (Lipinski definition) is 12. The number of methoxy groups -OCH3 is 4. The third-order valence-corrected chi connectivity index (χ3v) is 15.8. The number of carbonyl (C=O) groups is 4. The predicted molar refractivity (Wildman–Crippen MR) is 229 cm³/mol. The van der Waals surface area contributed by atoms with E-state index < -0.39 is 51.9 Å². The third-order valence-electron chi connectivity index (χ3n) is 15.8. The second kappa shape index (κ2) is 14.7. The minimum absolute atomic E-state index is 0.0772. The maximum Gasteiger partial charge on any atom is 0.361 e. The fourth-order valence-electron chi connectivity index (χ4n) is 13.8. The molecule has 6 heterocycles. The van der Waals surface area contributed by atoms with E-state index in [0.29, 0.717) is 66.9 Å². The van der Waals surface area contributed by atoms with Gasteiger partial charge in [0.25, 0.3) is 0 Å². The number of para-hydroxylation sites is 1. The molecule has 14 heteroatoms. The number of rotatable bonds is 9. The van der Waals surface area contributed by atoms with Crippen molar-refractivity contribution in [2.24, 2.45) is 11.3 Å². The molecule has 14 nitrogen and oxygen atoms in total. The van der Waals surface area contributed by atoms with Gasteiger partial charge in [-0.25, -0.2) is 9.59 Å². The number of H-pyrrole nitrogens is 1. The van der Waals surface area contributed by atoms with Gasteiger partial charge in [-0.15, -0.1) is 0 Å². The number of allylic oxidation sites excluding steroid dienone is 1. The number of nitrogens with zero attached hydrogens (tertiary/aromatic N) is 3. The lowest BCUT2D eigenvalue weighted by Crippen LogP contribution is -2.81. The second-order valence-corrected chi connectivity index (χ2v) is 18.6. The van der Waals surface area contributed by atoms with Crippen LogP contribution in [0.15, 0.2) is 60.3 Å². The number of fused-ring (bicyclic) bond motifs is 6. The number of benzene rings is 2. The Morgan fingerprint density at radius 2 is 1.74 bits per heavy atom. The van der Waals surface area contributed by atoms with Crippen molar-refractivity contribution < 1.29 is 52.5 Å². The Labute approximate surface area is 362 Å². The molecule has 2 aromatic carbocycles. The summed E-state index contributed by atoms with van der Waals surface area (Å²) < 4.78 is 29.6. The van der Waals surface area contributed by atoms with E-state index in [1.165, 1.54) is 33.8 Å². The Morgan fingerprint density at radius 1 is 0.984 bits per heavy atom. The van der Waals surface area contributed by atoms with Gasteiger partial charge >= 0.3 is 23.9 Å². The zero-order chi connectivity index (χ0) is 44.1. The molecule has 0 unspecified atom stereocenters. The maximum absolute atomic E-state index is 15.4. The number of esters is 4. The molecule has 3 aromatic rings. The number of likely N-dealkylation sites (N-methyl/N-ethyl adjacent to an activating group) is 1. The van der Waals surface area contributed by atoms with E-state index in [9.17, 15) is 19.5 Å². The molecular weight excluding hydrogens is 793 g/mol. The lowest BCUT2D eigenvalue weighted by molar-refractivity contribution is -0.892. The van der Waals surface area contributed by atoms with E-state index in [1.807, 2.05) is 55.3 Å². The molecule has 2 bridgehead atoms. The lowest BCUT2D eigenvalue weighted by Gasteiger charge is -2.63. The highest BCUT2D eigenvalue weighted by Crippen LogP contribution is 2.68. The monoisotopic (exact) mass is 851 g/mol. The van der Waals surface area contributed by atoms with Crippen LogP contribution in [0.3, 0.4) is 0 Å². The Balaban J connectivity index is 1.36. The molecule has 62 heavy (non-hydrogen) atoms. The molecule has 1 spiro atoms. The number of anilines is 1. The first-order chi connectivity index (χ1) is 29.7. The van der Waals surface area contributed by atoms with Crippen molar-refractivity contribution in [3.63, 3.8) is 0 Å². The summed E-state index contributed by atoms with van der Waals surface area (Å²) in [6.45, 7) is 7.86. The van der Waals surface area contributed by atoms with E-state index in [-0.39, 0.29) is 24.5 Å². The summed E-state index contributed by atoms with van der Waals surface area (Å²) in [6.07, 6.45) is 7.90. The normalized spacial score (nSPS) is 34.1. The zero-order valence-electron chi connectivity index (χ0n) is 37.0. The van der Waals surface area contributed by atoms with Crippen molar-refractivity contribution >= 4 is 40.5 Å². The largest absolute Gasteiger partial charge is 0.496 e. The molecule has 2 N–H and O–H groups in total. The van der Waals surface area contributed by atoms with Crippen molar-refractivity contribution in [1.29, 1.82) is 0 Å². The summed E-state index contributed by atoms with van der Waals surface area (Å²) in [5.74, 6) is -1.89. The maximum atomic E-state index is 15.4. The van der Waals surface area contributed by atoms with Crippen LogP contribution in [0.5, 0.6) is 5.75 Å². The van der Waals surface area contributed by atoms with Crippen LogP contribution in [0, 0.1) is 11.3 Å². The molecule has 1 aliphatic carbocycles. The zero-order valence-corrected chi connectivity index (χ0v) is 37.0. The fraction of sp³-hybridized carbons (Fsp3) is 0.542. The molecule has 9 atom stereocenters. The highest BCUT2D eigenvalue weighted by Gasteiger charge is 2.80. The molecule has 1 saturated carbocycles. The summed E-state index contributed by atoms with van der Waals surface area (Å²) in [5.41, 5.74) is 0.134. The standard InChI is InChI=1S/C48H59N4O10/c1-9-29-20-30-23-47(43(55)60-7,39-32(31-14-11-12-15-35(31)49-39)26-52(24-29,25-30)27-38(54)59-6)34-21-33-36(22-37(34)58-5)50(4)41-46(33)17-19-51-18-13-16-45(10-2,40(46)51)42(62-28(3)53)48(41,57)44(56)61-8/h11-16,21-22,24,30,40-42,49,57H,9-10,17-20,23,25-27H2,1-8H3/q+1/t30-,40+,41-,42-,45-,46-,47+,48+,52+/m1/s1. The molecule has 0 radical (unpaired) electrons. The SMILES string of the molecule is CCC1=C[N@@+]2(CC(=O)OC)Cc3c([nH]c4ccccc34)[C@@](C(=O)OC)(c3cc4c(cc3OC)N(C)[C@H]3[C@@](O)(C(=O)OC)[C@H](OC(C)=O)[C@]5(CC)C=CCN6CC[C@]43[C@@H]65)C[C@@H](C1)C2. The van der Waals surface area contributed by atoms with E-state index >= 15 is 4.79 Å². The smallest absolute Gasteiger partial charge is 0.361 e. The predicted octanol–water partition coefficient (Wildman–Crippen LogP) is 4.79. The summed E-state index contributed by atoms with van der Waals surface area (Å²) in [5, 5.41) is 14.3. The quantitative estimate of drug-likeness (QED) is 0.132. The van der Waals surface area contributed by atoms with E-state index in [2.05, 4.69) is 35.1 Å². The average molecular weight is 852 g/mol. The number of nitrogens with one attached hydrogen (secondary N) is 1. The molecule has 9 rings (SSSR count). The molecule has 2 fully saturated rings. The molecule has 0 amide bonds. The van der Waals surface area contributed by atoms with Gasteiger partial charge in [0, 0.05) is 82.8 Å². The van der Waals surface area contributed by atoms with Crippen LogP contribution in [-0.4, -0.2) is 129 Å². The first kappa shape index (κ1) is 42.1. The van der Waals surface area contributed by atoms with Gasteiger partial charge in [0.2, 0.25) is 5.60 Å². The van der Waals surface area contributed by atoms with Crippen LogP contribution in [0.2, 0.25) is 0 Å². The highest BCUT2D eigenvalue weighted by atomic mass is 16.6. The highest BCUT2D eigenvalue weighted by molar-refractivity contribution is 5.95. The summed E-state index contributed by atoms with van der Waals surface area (Å²) in [4.78, 5) is 64.2. The molecule has 330 valence electrons. The first-order valence-electron chi connectivity index (χ1n) is 21.9. The van der Waals surface area contributed by atoms with Gasteiger partial charge in [0.05, 0.1) is 47.2 Å². The van der Waals surface area contributed by atoms with Crippen molar-refractivity contribution in [3.8, 4) is 5.75 Å². The number of quaternary nitrogens is 1. The lowest BCUT2D eigenvalue weighted by atomic mass is 9.47. The number of ether oxygens (including phenoxy) is 5. The summed E-state index contributed by atoms with van der Waals surface area (Å²) in [6, 6.07) is 10.8. The van der Waals surface area contributed by atoms with E-state index in [0.717, 1.165) is 40.6 Å². The minimum atomic E-state index is -2.32. The van der Waals surface area contributed by atoms with Crippen LogP contribution in [0.25, 0.3) is 10.9 Å². The van der Waals surface area contributed by atoms with Gasteiger partial charge in [-0.1, -0.05) is 44.2 Å². The summed E-state index contributed by atoms with van der Waals surface area (Å²) in [7, 11) is 7.55. The van der Waals surface area contributed by atoms with Crippen LogP contribution in [0.4, 0.5) is 5.69 Å². The minimum Gasteiger partial charge on any atom is -0.496 e. The van der Waals surface area contributed by atoms with E-state index in [1.54, 1.807) is 7.11 Å². The van der Waals surface area contributed by atoms with Gasteiger partial charge in [-0.2, -0.15) is 0 Å². The molecule has 6 aliphatic rings. The number of carbonyl (C=O) groups excluding carboxylic acids is 4. The molecule has 1 aromatic heterocycles.